The Morgan fingerprint density at radius 1 is 1.31 bits per heavy atom. The summed E-state index contributed by atoms with van der Waals surface area (Å²) in [5.74, 6) is 0.115. The third-order valence-corrected chi connectivity index (χ3v) is 6.36. The first kappa shape index (κ1) is 19.9. The monoisotopic (exact) mass is 446 g/mol. The molecule has 0 radical (unpaired) electrons. The van der Waals surface area contributed by atoms with Crippen LogP contribution < -0.4 is 10.6 Å². The van der Waals surface area contributed by atoms with Crippen molar-refractivity contribution in [2.75, 3.05) is 17.7 Å². The maximum absolute atomic E-state index is 12.3. The van der Waals surface area contributed by atoms with E-state index in [0.717, 1.165) is 30.4 Å². The van der Waals surface area contributed by atoms with Gasteiger partial charge in [-0.2, -0.15) is 5.10 Å². The van der Waals surface area contributed by atoms with Crippen molar-refractivity contribution in [3.05, 3.63) is 63.1 Å². The summed E-state index contributed by atoms with van der Waals surface area (Å²) >= 11 is 13.3. The van der Waals surface area contributed by atoms with Gasteiger partial charge in [0.2, 0.25) is 0 Å². The van der Waals surface area contributed by atoms with Gasteiger partial charge < -0.3 is 15.4 Å². The smallest absolute Gasteiger partial charge is 0.341 e. The molecule has 3 aromatic rings. The second-order valence-corrected chi connectivity index (χ2v) is 8.56. The molecule has 0 saturated carbocycles. The number of nitrogens with one attached hydrogen (secondary N) is 2. The zero-order chi connectivity index (χ0) is 20.4. The number of fused-ring (bicyclic) bond motifs is 1. The summed E-state index contributed by atoms with van der Waals surface area (Å²) < 4.78 is 6.72. The van der Waals surface area contributed by atoms with Crippen molar-refractivity contribution < 1.29 is 9.53 Å². The van der Waals surface area contributed by atoms with E-state index in [-0.39, 0.29) is 5.97 Å². The normalized spacial score (nSPS) is 12.5. The number of thiophene rings is 1. The predicted octanol–water partition coefficient (Wildman–Crippen LogP) is 4.73. The van der Waals surface area contributed by atoms with E-state index in [2.05, 4.69) is 15.7 Å². The summed E-state index contributed by atoms with van der Waals surface area (Å²) in [6.45, 7) is 0.604. The molecule has 9 heteroatoms. The fraction of sp³-hybridized carbons (Fsp3) is 0.250. The van der Waals surface area contributed by atoms with Gasteiger partial charge in [0.05, 0.1) is 19.2 Å². The molecule has 0 unspecified atom stereocenters. The summed E-state index contributed by atoms with van der Waals surface area (Å²) in [4.78, 5) is 13.5. The summed E-state index contributed by atoms with van der Waals surface area (Å²) in [6.07, 6.45) is 4.66. The summed E-state index contributed by atoms with van der Waals surface area (Å²) in [6, 6.07) is 9.99. The SMILES string of the molecule is COC(=O)c1c(NC(=S)Nc2nn(Cc3ccccc3)cc2Cl)sc2c1CCC2. The first-order chi connectivity index (χ1) is 14.0. The fourth-order valence-electron chi connectivity index (χ4n) is 3.39. The van der Waals surface area contributed by atoms with Crippen molar-refractivity contribution in [1.82, 2.24) is 9.78 Å². The van der Waals surface area contributed by atoms with Crippen LogP contribution in [-0.2, 0) is 24.1 Å². The number of benzene rings is 1. The highest BCUT2D eigenvalue weighted by Gasteiger charge is 2.27. The van der Waals surface area contributed by atoms with E-state index in [9.17, 15) is 4.79 Å². The lowest BCUT2D eigenvalue weighted by atomic mass is 10.1. The molecule has 0 bridgehead atoms. The lowest BCUT2D eigenvalue weighted by Crippen LogP contribution is -2.21. The zero-order valence-electron chi connectivity index (χ0n) is 15.7. The van der Waals surface area contributed by atoms with Gasteiger partial charge >= 0.3 is 5.97 Å². The summed E-state index contributed by atoms with van der Waals surface area (Å²) in [5.41, 5.74) is 2.77. The molecular formula is C20H19ClN4O2S2. The average molecular weight is 447 g/mol. The van der Waals surface area contributed by atoms with Gasteiger partial charge in [-0.15, -0.1) is 11.3 Å². The topological polar surface area (TPSA) is 68.2 Å². The van der Waals surface area contributed by atoms with Gasteiger partial charge in [0.25, 0.3) is 0 Å². The number of esters is 1. The van der Waals surface area contributed by atoms with Crippen LogP contribution >= 0.6 is 35.2 Å². The van der Waals surface area contributed by atoms with Gasteiger partial charge in [0.1, 0.15) is 10.0 Å². The number of ether oxygens (including phenoxy) is 1. The molecule has 29 heavy (non-hydrogen) atoms. The quantitative estimate of drug-likeness (QED) is 0.436. The second-order valence-electron chi connectivity index (χ2n) is 6.64. The average Bonchev–Trinajstić information content (AvgIpc) is 3.37. The molecule has 0 atom stereocenters. The molecule has 150 valence electrons. The minimum absolute atomic E-state index is 0.321. The van der Waals surface area contributed by atoms with E-state index in [0.29, 0.717) is 33.1 Å². The van der Waals surface area contributed by atoms with Crippen LogP contribution in [0.25, 0.3) is 0 Å². The molecule has 0 amide bonds. The van der Waals surface area contributed by atoms with Gasteiger partial charge in [0.15, 0.2) is 10.9 Å². The van der Waals surface area contributed by atoms with Crippen molar-refractivity contribution in [1.29, 1.82) is 0 Å². The summed E-state index contributed by atoms with van der Waals surface area (Å²) in [5, 5.41) is 12.1. The number of thiocarbonyl (C=S) groups is 1. The number of halogens is 1. The minimum atomic E-state index is -0.347. The zero-order valence-corrected chi connectivity index (χ0v) is 18.1. The minimum Gasteiger partial charge on any atom is -0.465 e. The van der Waals surface area contributed by atoms with Crippen LogP contribution in [0, 0.1) is 0 Å². The Labute approximate surface area is 182 Å². The van der Waals surface area contributed by atoms with Gasteiger partial charge in [-0.25, -0.2) is 4.79 Å². The van der Waals surface area contributed by atoms with E-state index >= 15 is 0 Å². The third kappa shape index (κ3) is 4.29. The number of anilines is 2. The van der Waals surface area contributed by atoms with E-state index < -0.39 is 0 Å². The van der Waals surface area contributed by atoms with E-state index in [4.69, 9.17) is 28.6 Å². The standard InChI is InChI=1S/C20H19ClN4O2S2/c1-27-19(26)16-13-8-5-9-15(13)29-18(16)23-20(28)22-17-14(21)11-25(24-17)10-12-6-3-2-4-7-12/h2-4,6-7,11H,5,8-10H2,1H3,(H2,22,23,24,28). The maximum atomic E-state index is 12.3. The number of aryl methyl sites for hydroxylation is 1. The Morgan fingerprint density at radius 2 is 2.10 bits per heavy atom. The molecule has 0 spiro atoms. The molecule has 0 aliphatic heterocycles. The number of rotatable bonds is 5. The van der Waals surface area contributed by atoms with Gasteiger partial charge in [0, 0.05) is 11.1 Å². The molecule has 2 aromatic heterocycles. The van der Waals surface area contributed by atoms with Gasteiger partial charge in [-0.3, -0.25) is 4.68 Å². The van der Waals surface area contributed by atoms with Crippen LogP contribution in [0.15, 0.2) is 36.5 Å². The molecule has 1 aliphatic carbocycles. The largest absolute Gasteiger partial charge is 0.465 e. The Kier molecular flexibility index (Phi) is 5.84. The Hall–Kier alpha value is -2.42. The molecule has 0 saturated heterocycles. The molecule has 1 aromatic carbocycles. The van der Waals surface area contributed by atoms with Crippen LogP contribution in [-0.4, -0.2) is 28.0 Å². The number of methoxy groups -OCH3 is 1. The van der Waals surface area contributed by atoms with E-state index in [1.807, 2.05) is 30.3 Å². The number of aromatic nitrogens is 2. The van der Waals surface area contributed by atoms with E-state index in [1.165, 1.54) is 12.0 Å². The molecular weight excluding hydrogens is 428 g/mol. The van der Waals surface area contributed by atoms with Crippen LogP contribution in [0.2, 0.25) is 5.02 Å². The first-order valence-corrected chi connectivity index (χ1v) is 10.7. The van der Waals surface area contributed by atoms with Crippen molar-refractivity contribution in [3.63, 3.8) is 0 Å². The predicted molar refractivity (Wildman–Crippen MR) is 120 cm³/mol. The van der Waals surface area contributed by atoms with Gasteiger partial charge in [-0.1, -0.05) is 41.9 Å². The number of nitrogens with zero attached hydrogens (tertiary/aromatic N) is 2. The van der Waals surface area contributed by atoms with Crippen molar-refractivity contribution in [3.8, 4) is 0 Å². The Bertz CT molecular complexity index is 1060. The maximum Gasteiger partial charge on any atom is 0.341 e. The fourth-order valence-corrected chi connectivity index (χ4v) is 5.13. The summed E-state index contributed by atoms with van der Waals surface area (Å²) in [7, 11) is 1.39. The van der Waals surface area contributed by atoms with Crippen molar-refractivity contribution in [2.45, 2.75) is 25.8 Å². The molecule has 2 N–H and O–H groups in total. The number of hydrogen-bond donors (Lipinski definition) is 2. The lowest BCUT2D eigenvalue weighted by Gasteiger charge is -2.10. The number of carbonyl (C=O) groups excluding carboxylic acids is 1. The van der Waals surface area contributed by atoms with Crippen LogP contribution in [0.4, 0.5) is 10.8 Å². The third-order valence-electron chi connectivity index (χ3n) is 4.67. The molecule has 1 aliphatic rings. The van der Waals surface area contributed by atoms with Crippen LogP contribution in [0.5, 0.6) is 0 Å². The Morgan fingerprint density at radius 3 is 2.86 bits per heavy atom. The van der Waals surface area contributed by atoms with Crippen LogP contribution in [0.3, 0.4) is 0 Å². The van der Waals surface area contributed by atoms with E-state index in [1.54, 1.807) is 22.2 Å². The molecule has 4 rings (SSSR count). The number of carbonyl (C=O) groups is 1. The molecule has 6 nitrogen and oxygen atoms in total. The highest BCUT2D eigenvalue weighted by atomic mass is 35.5. The highest BCUT2D eigenvalue weighted by molar-refractivity contribution is 7.80. The molecule has 2 heterocycles. The van der Waals surface area contributed by atoms with Crippen molar-refractivity contribution >= 4 is 57.1 Å². The highest BCUT2D eigenvalue weighted by Crippen LogP contribution is 2.39. The Balaban J connectivity index is 1.48. The second kappa shape index (κ2) is 8.52. The molecule has 0 fully saturated rings. The van der Waals surface area contributed by atoms with Crippen LogP contribution in [0.1, 0.15) is 32.8 Å². The first-order valence-electron chi connectivity index (χ1n) is 9.13. The van der Waals surface area contributed by atoms with Crippen molar-refractivity contribution in [2.24, 2.45) is 0 Å². The van der Waals surface area contributed by atoms with Gasteiger partial charge in [-0.05, 0) is 42.6 Å². The lowest BCUT2D eigenvalue weighted by molar-refractivity contribution is 0.0601. The number of hydrogen-bond acceptors (Lipinski definition) is 5.